The highest BCUT2D eigenvalue weighted by Gasteiger charge is 1.99. The highest BCUT2D eigenvalue weighted by atomic mass is 32.2. The van der Waals surface area contributed by atoms with E-state index in [2.05, 4.69) is 38.2 Å². The second-order valence-corrected chi connectivity index (χ2v) is 8.47. The van der Waals surface area contributed by atoms with E-state index >= 15 is 0 Å². The van der Waals surface area contributed by atoms with Crippen LogP contribution in [0.1, 0.15) is 104 Å². The Kier molecular flexibility index (Phi) is 20.4. The summed E-state index contributed by atoms with van der Waals surface area (Å²) in [5.74, 6) is 4.46. The van der Waals surface area contributed by atoms with Crippen LogP contribution < -0.4 is 0 Å². The zero-order chi connectivity index (χ0) is 16.3. The van der Waals surface area contributed by atoms with Crippen LogP contribution in [0.25, 0.3) is 0 Å². The van der Waals surface area contributed by atoms with E-state index in [9.17, 15) is 0 Å². The van der Waals surface area contributed by atoms with Gasteiger partial charge in [-0.15, -0.1) is 0 Å². The highest BCUT2D eigenvalue weighted by molar-refractivity contribution is 7.99. The molecule has 0 N–H and O–H groups in total. The van der Waals surface area contributed by atoms with Gasteiger partial charge in [-0.2, -0.15) is 24.4 Å². The monoisotopic (exact) mass is 346 g/mol. The first-order valence-corrected chi connectivity index (χ1v) is 11.8. The van der Waals surface area contributed by atoms with Gasteiger partial charge in [0.15, 0.2) is 0 Å². The molecule has 0 saturated carbocycles. The maximum atomic E-state index is 4.33. The van der Waals surface area contributed by atoms with E-state index in [1.54, 1.807) is 0 Å². The number of thiol groups is 1. The minimum Gasteiger partial charge on any atom is -0.179 e. The van der Waals surface area contributed by atoms with Crippen molar-refractivity contribution >= 4 is 24.4 Å². The average Bonchev–Trinajstić information content (AvgIpc) is 2.54. The molecule has 0 aromatic heterocycles. The molecule has 0 fully saturated rings. The summed E-state index contributed by atoms with van der Waals surface area (Å²) in [6, 6.07) is 0. The average molecular weight is 347 g/mol. The fourth-order valence-corrected chi connectivity index (χ4v) is 4.13. The van der Waals surface area contributed by atoms with E-state index in [4.69, 9.17) is 0 Å². The molecule has 0 aliphatic heterocycles. The van der Waals surface area contributed by atoms with Crippen molar-refractivity contribution in [3.05, 3.63) is 0 Å². The summed E-state index contributed by atoms with van der Waals surface area (Å²) in [4.78, 5) is 0. The van der Waals surface area contributed by atoms with Crippen molar-refractivity contribution in [2.45, 2.75) is 104 Å². The van der Waals surface area contributed by atoms with Crippen LogP contribution in [-0.4, -0.2) is 17.3 Å². The van der Waals surface area contributed by atoms with Crippen LogP contribution in [0.15, 0.2) is 0 Å². The van der Waals surface area contributed by atoms with Gasteiger partial charge in [-0.05, 0) is 29.6 Å². The summed E-state index contributed by atoms with van der Waals surface area (Å²) in [7, 11) is 0. The molecule has 0 nitrogen and oxygen atoms in total. The van der Waals surface area contributed by atoms with Gasteiger partial charge in [-0.3, -0.25) is 0 Å². The van der Waals surface area contributed by atoms with Gasteiger partial charge in [0.05, 0.1) is 0 Å². The highest BCUT2D eigenvalue weighted by Crippen LogP contribution is 2.15. The van der Waals surface area contributed by atoms with Gasteiger partial charge >= 0.3 is 0 Å². The molecule has 0 spiro atoms. The minimum absolute atomic E-state index is 0.778. The third-order valence-electron chi connectivity index (χ3n) is 4.36. The maximum Gasteiger partial charge on any atom is -0.00340 e. The fourth-order valence-electron chi connectivity index (χ4n) is 2.74. The lowest BCUT2D eigenvalue weighted by molar-refractivity contribution is 0.538. The van der Waals surface area contributed by atoms with Crippen LogP contribution >= 0.6 is 24.4 Å². The number of thioether (sulfide) groups is 1. The quantitative estimate of drug-likeness (QED) is 0.195. The van der Waals surface area contributed by atoms with Crippen molar-refractivity contribution in [3.8, 4) is 0 Å². The standard InChI is InChI=1S/C20H42S2/c1-3-4-5-6-7-8-9-10-11-12-13-14-15-16-17-22-19-20(2)18-21/h20-21H,3-19H2,1-2H3. The van der Waals surface area contributed by atoms with E-state index < -0.39 is 0 Å². The molecular formula is C20H42S2. The Balaban J connectivity index is 2.97. The van der Waals surface area contributed by atoms with Crippen LogP contribution in [0.4, 0.5) is 0 Å². The lowest BCUT2D eigenvalue weighted by Crippen LogP contribution is -1.99. The first-order chi connectivity index (χ1) is 10.8. The second-order valence-electron chi connectivity index (χ2n) is 6.96. The molecule has 0 saturated heterocycles. The molecule has 22 heavy (non-hydrogen) atoms. The van der Waals surface area contributed by atoms with E-state index in [1.165, 1.54) is 101 Å². The smallest absolute Gasteiger partial charge is 0.00340 e. The molecule has 0 radical (unpaired) electrons. The fraction of sp³-hybridized carbons (Fsp3) is 1.00. The Morgan fingerprint density at radius 3 is 1.50 bits per heavy atom. The number of hydrogen-bond donors (Lipinski definition) is 1. The van der Waals surface area contributed by atoms with E-state index in [0.717, 1.165) is 11.7 Å². The summed E-state index contributed by atoms with van der Waals surface area (Å²) >= 11 is 6.45. The lowest BCUT2D eigenvalue weighted by atomic mass is 10.0. The third-order valence-corrected chi connectivity index (χ3v) is 6.36. The number of unbranched alkanes of at least 4 members (excludes halogenated alkanes) is 13. The predicted octanol–water partition coefficient (Wildman–Crippen LogP) is 7.77. The molecule has 0 aromatic carbocycles. The summed E-state index contributed by atoms with van der Waals surface area (Å²) in [6.07, 6.45) is 20.4. The molecule has 0 aliphatic carbocycles. The maximum absolute atomic E-state index is 4.33. The first kappa shape index (κ1) is 22.7. The van der Waals surface area contributed by atoms with Crippen molar-refractivity contribution in [1.29, 1.82) is 0 Å². The molecule has 0 amide bonds. The molecule has 0 rings (SSSR count). The van der Waals surface area contributed by atoms with Gasteiger partial charge in [0.1, 0.15) is 0 Å². The Bertz CT molecular complexity index is 194. The first-order valence-electron chi connectivity index (χ1n) is 9.99. The summed E-state index contributed by atoms with van der Waals surface area (Å²) in [6.45, 7) is 4.59. The summed E-state index contributed by atoms with van der Waals surface area (Å²) in [5.41, 5.74) is 0. The number of rotatable bonds is 18. The van der Waals surface area contributed by atoms with Crippen LogP contribution in [0.5, 0.6) is 0 Å². The lowest BCUT2D eigenvalue weighted by Gasteiger charge is -2.07. The zero-order valence-corrected chi connectivity index (χ0v) is 17.2. The van der Waals surface area contributed by atoms with E-state index in [0.29, 0.717) is 0 Å². The molecule has 2 heteroatoms. The normalized spacial score (nSPS) is 12.7. The van der Waals surface area contributed by atoms with Crippen LogP contribution in [0.3, 0.4) is 0 Å². The van der Waals surface area contributed by atoms with Crippen molar-refractivity contribution in [1.82, 2.24) is 0 Å². The molecule has 0 bridgehead atoms. The molecule has 134 valence electrons. The predicted molar refractivity (Wildman–Crippen MR) is 111 cm³/mol. The Morgan fingerprint density at radius 2 is 1.09 bits per heavy atom. The Hall–Kier alpha value is 0.700. The summed E-state index contributed by atoms with van der Waals surface area (Å²) < 4.78 is 0. The molecule has 1 unspecified atom stereocenters. The molecule has 0 aromatic rings. The number of hydrogen-bond acceptors (Lipinski definition) is 2. The molecule has 0 heterocycles. The van der Waals surface area contributed by atoms with Gasteiger partial charge in [0.2, 0.25) is 0 Å². The van der Waals surface area contributed by atoms with E-state index in [-0.39, 0.29) is 0 Å². The van der Waals surface area contributed by atoms with Gasteiger partial charge < -0.3 is 0 Å². The van der Waals surface area contributed by atoms with Gasteiger partial charge in [0, 0.05) is 0 Å². The summed E-state index contributed by atoms with van der Waals surface area (Å²) in [5, 5.41) is 0. The van der Waals surface area contributed by atoms with Gasteiger partial charge in [-0.1, -0.05) is 97.3 Å². The van der Waals surface area contributed by atoms with Crippen LogP contribution in [0.2, 0.25) is 0 Å². The van der Waals surface area contributed by atoms with Crippen molar-refractivity contribution in [2.24, 2.45) is 5.92 Å². The molecular weight excluding hydrogens is 304 g/mol. The Morgan fingerprint density at radius 1 is 0.682 bits per heavy atom. The van der Waals surface area contributed by atoms with Crippen molar-refractivity contribution in [2.75, 3.05) is 17.3 Å². The van der Waals surface area contributed by atoms with Gasteiger partial charge in [-0.25, -0.2) is 0 Å². The Labute approximate surface area is 151 Å². The van der Waals surface area contributed by atoms with E-state index in [1.807, 2.05) is 0 Å². The minimum atomic E-state index is 0.778. The zero-order valence-electron chi connectivity index (χ0n) is 15.5. The largest absolute Gasteiger partial charge is 0.179 e. The molecule has 0 aliphatic rings. The van der Waals surface area contributed by atoms with Gasteiger partial charge in [0.25, 0.3) is 0 Å². The third kappa shape index (κ3) is 18.7. The van der Waals surface area contributed by atoms with Crippen molar-refractivity contribution < 1.29 is 0 Å². The second kappa shape index (κ2) is 19.7. The molecule has 1 atom stereocenters. The van der Waals surface area contributed by atoms with Crippen molar-refractivity contribution in [3.63, 3.8) is 0 Å². The van der Waals surface area contributed by atoms with Crippen LogP contribution in [0, 0.1) is 5.92 Å². The van der Waals surface area contributed by atoms with Crippen LogP contribution in [-0.2, 0) is 0 Å². The SMILES string of the molecule is CCCCCCCCCCCCCCCCSCC(C)CS. The topological polar surface area (TPSA) is 0 Å².